The van der Waals surface area contributed by atoms with Gasteiger partial charge in [-0.05, 0) is 88.2 Å². The summed E-state index contributed by atoms with van der Waals surface area (Å²) in [6, 6.07) is 12.5. The van der Waals surface area contributed by atoms with Crippen LogP contribution in [0.5, 0.6) is 17.2 Å². The Morgan fingerprint density at radius 2 is 1.70 bits per heavy atom. The van der Waals surface area contributed by atoms with Gasteiger partial charge in [-0.15, -0.1) is 0 Å². The maximum Gasteiger partial charge on any atom is 0.161 e. The van der Waals surface area contributed by atoms with Gasteiger partial charge in [0.15, 0.2) is 23.1 Å². The van der Waals surface area contributed by atoms with Crippen molar-refractivity contribution in [2.24, 2.45) is 5.41 Å². The highest BCUT2D eigenvalue weighted by molar-refractivity contribution is 6.04. The predicted molar refractivity (Wildman–Crippen MR) is 141 cm³/mol. The topological polar surface area (TPSA) is 85.3 Å². The molecule has 1 aliphatic heterocycles. The van der Waals surface area contributed by atoms with Crippen LogP contribution in [0.2, 0.25) is 0 Å². The Bertz CT molecular complexity index is 1170. The monoisotopic (exact) mass is 507 g/mol. The molecule has 4 rings (SSSR count). The molecule has 7 heteroatoms. The van der Waals surface area contributed by atoms with Crippen LogP contribution in [0.4, 0.5) is 0 Å². The van der Waals surface area contributed by atoms with Crippen molar-refractivity contribution in [3.05, 3.63) is 64.7 Å². The third kappa shape index (κ3) is 5.58. The van der Waals surface area contributed by atoms with Crippen LogP contribution >= 0.6 is 0 Å². The minimum absolute atomic E-state index is 0.0120. The second-order valence-electron chi connectivity index (χ2n) is 9.93. The molecule has 1 N–H and O–H groups in total. The van der Waals surface area contributed by atoms with Gasteiger partial charge in [-0.2, -0.15) is 0 Å². The molecule has 0 amide bonds. The van der Waals surface area contributed by atoms with Crippen molar-refractivity contribution in [3.8, 4) is 17.2 Å². The molecular weight excluding hydrogens is 470 g/mol. The lowest BCUT2D eigenvalue weighted by Crippen LogP contribution is -2.35. The molecule has 2 aromatic rings. The zero-order valence-corrected chi connectivity index (χ0v) is 22.2. The number of aliphatic hydroxyl groups is 1. The van der Waals surface area contributed by atoms with Gasteiger partial charge in [0, 0.05) is 24.1 Å². The zero-order valence-electron chi connectivity index (χ0n) is 22.2. The minimum atomic E-state index is -0.858. The van der Waals surface area contributed by atoms with E-state index in [1.54, 1.807) is 50.6 Å². The Balaban J connectivity index is 1.43. The summed E-state index contributed by atoms with van der Waals surface area (Å²) in [5.74, 6) is 1.89. The lowest BCUT2D eigenvalue weighted by atomic mass is 9.83. The summed E-state index contributed by atoms with van der Waals surface area (Å²) in [5, 5.41) is 11.7. The maximum absolute atomic E-state index is 13.4. The summed E-state index contributed by atoms with van der Waals surface area (Å²) in [6.45, 7) is 6.49. The van der Waals surface area contributed by atoms with E-state index in [0.29, 0.717) is 54.4 Å². The van der Waals surface area contributed by atoms with Crippen molar-refractivity contribution in [2.45, 2.75) is 45.6 Å². The Morgan fingerprint density at radius 1 is 1.03 bits per heavy atom. The molecule has 2 aliphatic rings. The molecule has 0 spiro atoms. The number of likely N-dealkylation sites (tertiary alicyclic amines) is 1. The molecule has 0 bridgehead atoms. The highest BCUT2D eigenvalue weighted by Crippen LogP contribution is 2.61. The fraction of sp³-hybridized carbons (Fsp3) is 0.467. The zero-order chi connectivity index (χ0) is 26.6. The molecule has 1 aliphatic carbocycles. The second-order valence-corrected chi connectivity index (χ2v) is 9.93. The van der Waals surface area contributed by atoms with E-state index in [4.69, 9.17) is 14.2 Å². The lowest BCUT2D eigenvalue weighted by Gasteiger charge is -2.31. The standard InChI is InChI=1S/C30H37NO6/c1-20-28(25(33)8-7-17-37-24-12-9-22(10-13-24)21(2)32)30(20,19-31-15-5-6-16-31)29(34)23-11-14-26(35-3)27(18-23)36-4/h9-14,18,29,34H,5-8,15-17,19H2,1-4H3/t29-,30?/m1/s1. The van der Waals surface area contributed by atoms with Gasteiger partial charge in [-0.25, -0.2) is 0 Å². The molecule has 2 atom stereocenters. The number of benzene rings is 2. The first-order chi connectivity index (χ1) is 17.8. The number of carbonyl (C=O) groups excluding carboxylic acids is 2. The number of nitrogens with zero attached hydrogens (tertiary/aromatic N) is 1. The van der Waals surface area contributed by atoms with Gasteiger partial charge in [0.1, 0.15) is 5.75 Å². The number of carbonyl (C=O) groups is 2. The highest BCUT2D eigenvalue weighted by atomic mass is 16.5. The molecule has 2 aromatic carbocycles. The van der Waals surface area contributed by atoms with Crippen molar-refractivity contribution in [3.63, 3.8) is 0 Å². The van der Waals surface area contributed by atoms with Crippen LogP contribution in [0.1, 0.15) is 61.6 Å². The SMILES string of the molecule is COc1ccc([C@@H](O)C2(CN3CCCC3)C(C)=C2C(=O)CCCOc2ccc(C(C)=O)cc2)cc1OC. The molecule has 198 valence electrons. The lowest BCUT2D eigenvalue weighted by molar-refractivity contribution is -0.116. The molecule has 0 saturated carbocycles. The molecule has 37 heavy (non-hydrogen) atoms. The summed E-state index contributed by atoms with van der Waals surface area (Å²) in [5.41, 5.74) is 2.36. The summed E-state index contributed by atoms with van der Waals surface area (Å²) < 4.78 is 16.6. The number of aliphatic hydroxyl groups excluding tert-OH is 1. The summed E-state index contributed by atoms with van der Waals surface area (Å²) in [6.07, 6.45) is 2.32. The first-order valence-electron chi connectivity index (χ1n) is 12.9. The van der Waals surface area contributed by atoms with E-state index in [0.717, 1.165) is 37.1 Å². The predicted octanol–water partition coefficient (Wildman–Crippen LogP) is 4.78. The van der Waals surface area contributed by atoms with Crippen LogP contribution < -0.4 is 14.2 Å². The van der Waals surface area contributed by atoms with Gasteiger partial charge in [0.25, 0.3) is 0 Å². The molecule has 1 unspecified atom stereocenters. The van der Waals surface area contributed by atoms with Crippen molar-refractivity contribution in [1.29, 1.82) is 0 Å². The van der Waals surface area contributed by atoms with Crippen molar-refractivity contribution in [2.75, 3.05) is 40.5 Å². The number of rotatable bonds is 13. The average Bonchev–Trinajstić information content (AvgIpc) is 3.21. The molecule has 1 heterocycles. The molecule has 7 nitrogen and oxygen atoms in total. The van der Waals surface area contributed by atoms with E-state index in [-0.39, 0.29) is 11.6 Å². The minimum Gasteiger partial charge on any atom is -0.494 e. The van der Waals surface area contributed by atoms with E-state index in [9.17, 15) is 14.7 Å². The largest absolute Gasteiger partial charge is 0.494 e. The van der Waals surface area contributed by atoms with E-state index in [1.165, 1.54) is 6.92 Å². The first-order valence-corrected chi connectivity index (χ1v) is 12.9. The van der Waals surface area contributed by atoms with Gasteiger partial charge < -0.3 is 24.2 Å². The number of ether oxygens (including phenoxy) is 3. The quantitative estimate of drug-likeness (QED) is 0.308. The number of ketones is 2. The van der Waals surface area contributed by atoms with Gasteiger partial charge in [-0.3, -0.25) is 9.59 Å². The Labute approximate surface area is 219 Å². The number of Topliss-reactive ketones (excluding diaryl/α,β-unsaturated/α-hetero) is 2. The second kappa shape index (κ2) is 11.5. The normalized spacial score (nSPS) is 20.0. The molecule has 1 fully saturated rings. The Hall–Kier alpha value is -3.16. The van der Waals surface area contributed by atoms with Crippen molar-refractivity contribution in [1.82, 2.24) is 4.90 Å². The number of methoxy groups -OCH3 is 2. The van der Waals surface area contributed by atoms with Crippen LogP contribution in [-0.4, -0.2) is 62.0 Å². The fourth-order valence-corrected chi connectivity index (χ4v) is 5.50. The van der Waals surface area contributed by atoms with Gasteiger partial charge in [0.2, 0.25) is 0 Å². The summed E-state index contributed by atoms with van der Waals surface area (Å²) in [7, 11) is 3.15. The molecule has 0 radical (unpaired) electrons. The van der Waals surface area contributed by atoms with E-state index in [1.807, 2.05) is 13.0 Å². The summed E-state index contributed by atoms with van der Waals surface area (Å²) in [4.78, 5) is 27.2. The average molecular weight is 508 g/mol. The van der Waals surface area contributed by atoms with Crippen LogP contribution in [-0.2, 0) is 4.79 Å². The molecular formula is C30H37NO6. The smallest absolute Gasteiger partial charge is 0.161 e. The van der Waals surface area contributed by atoms with Crippen LogP contribution in [0.25, 0.3) is 0 Å². The van der Waals surface area contributed by atoms with E-state index < -0.39 is 11.5 Å². The maximum atomic E-state index is 13.4. The summed E-state index contributed by atoms with van der Waals surface area (Å²) >= 11 is 0. The Morgan fingerprint density at radius 3 is 2.32 bits per heavy atom. The van der Waals surface area contributed by atoms with Crippen LogP contribution in [0.15, 0.2) is 53.6 Å². The third-order valence-corrected chi connectivity index (χ3v) is 7.65. The van der Waals surface area contributed by atoms with Crippen LogP contribution in [0, 0.1) is 5.41 Å². The number of hydrogen-bond donors (Lipinski definition) is 1. The fourth-order valence-electron chi connectivity index (χ4n) is 5.50. The number of hydrogen-bond acceptors (Lipinski definition) is 7. The van der Waals surface area contributed by atoms with Gasteiger partial charge in [0.05, 0.1) is 32.3 Å². The van der Waals surface area contributed by atoms with Crippen molar-refractivity contribution < 1.29 is 28.9 Å². The molecule has 0 aromatic heterocycles. The highest BCUT2D eigenvalue weighted by Gasteiger charge is 2.59. The van der Waals surface area contributed by atoms with Gasteiger partial charge in [-0.1, -0.05) is 11.6 Å². The van der Waals surface area contributed by atoms with Crippen LogP contribution in [0.3, 0.4) is 0 Å². The van der Waals surface area contributed by atoms with E-state index >= 15 is 0 Å². The van der Waals surface area contributed by atoms with Crippen molar-refractivity contribution >= 4 is 11.6 Å². The molecule has 1 saturated heterocycles. The van der Waals surface area contributed by atoms with E-state index in [2.05, 4.69) is 4.90 Å². The van der Waals surface area contributed by atoms with Gasteiger partial charge >= 0.3 is 0 Å². The first kappa shape index (κ1) is 26.9. The third-order valence-electron chi connectivity index (χ3n) is 7.65. The Kier molecular flexibility index (Phi) is 8.35.